The number of aromatic nitrogens is 3. The molecule has 5 rings (SSSR count). The molecule has 3 heterocycles. The van der Waals surface area contributed by atoms with Crippen LogP contribution in [0.4, 0.5) is 20.4 Å². The van der Waals surface area contributed by atoms with Gasteiger partial charge in [0.25, 0.3) is 6.43 Å². The van der Waals surface area contributed by atoms with Crippen LogP contribution in [-0.4, -0.2) is 53.9 Å². The number of nitrogens with one attached hydrogen (secondary N) is 1. The number of halogens is 2. The molecule has 0 spiro atoms. The molecule has 1 aliphatic heterocycles. The van der Waals surface area contributed by atoms with Gasteiger partial charge in [0, 0.05) is 31.8 Å². The quantitative estimate of drug-likeness (QED) is 0.534. The summed E-state index contributed by atoms with van der Waals surface area (Å²) in [7, 11) is 0. The number of anilines is 2. The number of alkyl halides is 2. The van der Waals surface area contributed by atoms with Crippen LogP contribution in [0.5, 0.6) is 0 Å². The summed E-state index contributed by atoms with van der Waals surface area (Å²) < 4.78 is 35.1. The van der Waals surface area contributed by atoms with Crippen molar-refractivity contribution >= 4 is 22.7 Å². The Balaban J connectivity index is 1.49. The fourth-order valence-electron chi connectivity index (χ4n) is 5.06. The average Bonchev–Trinajstić information content (AvgIpc) is 3.28. The lowest BCUT2D eigenvalue weighted by molar-refractivity contribution is 0.122. The Labute approximate surface area is 198 Å². The number of benzene rings is 1. The molecule has 3 N–H and O–H groups in total. The summed E-state index contributed by atoms with van der Waals surface area (Å²) in [6.45, 7) is 4.24. The van der Waals surface area contributed by atoms with Crippen LogP contribution in [0.1, 0.15) is 37.9 Å². The molecule has 0 atom stereocenters. The molecule has 0 radical (unpaired) electrons. The maximum absolute atomic E-state index is 14.0. The van der Waals surface area contributed by atoms with E-state index in [1.807, 2.05) is 30.3 Å². The maximum Gasteiger partial charge on any atom is 0.295 e. The normalized spacial score (nSPS) is 21.4. The molecule has 9 heteroatoms. The standard InChI is InChI=1S/C25H32F2N6O/c26-24(27)25-30-20-3-1-2-4-21(20)33(25)19-13-22(29-16-18-7-5-17(15-28)6-8-18)31-23(14-19)32-9-11-34-12-10-32/h1-4,13-14,17-18,24H,5-12,15-16,28H2,(H,29,31)/t17-,18-. The molecule has 34 heavy (non-hydrogen) atoms. The molecule has 1 saturated heterocycles. The molecule has 2 aliphatic rings. The summed E-state index contributed by atoms with van der Waals surface area (Å²) in [6, 6.07) is 11.0. The summed E-state index contributed by atoms with van der Waals surface area (Å²) in [5.74, 6) is 2.39. The van der Waals surface area contributed by atoms with Crippen LogP contribution in [-0.2, 0) is 4.74 Å². The Hall–Kier alpha value is -2.78. The van der Waals surface area contributed by atoms with Crippen molar-refractivity contribution in [2.24, 2.45) is 17.6 Å². The van der Waals surface area contributed by atoms with Gasteiger partial charge in [-0.1, -0.05) is 12.1 Å². The van der Waals surface area contributed by atoms with Gasteiger partial charge >= 0.3 is 0 Å². The van der Waals surface area contributed by atoms with Crippen LogP contribution in [0, 0.1) is 11.8 Å². The van der Waals surface area contributed by atoms with Gasteiger partial charge in [-0.3, -0.25) is 4.57 Å². The van der Waals surface area contributed by atoms with Crippen molar-refractivity contribution in [1.29, 1.82) is 0 Å². The summed E-state index contributed by atoms with van der Waals surface area (Å²) in [6.07, 6.45) is 1.92. The van der Waals surface area contributed by atoms with Crippen LogP contribution < -0.4 is 16.0 Å². The molecule has 0 amide bonds. The van der Waals surface area contributed by atoms with Crippen LogP contribution in [0.15, 0.2) is 36.4 Å². The highest BCUT2D eigenvalue weighted by Crippen LogP contribution is 2.32. The van der Waals surface area contributed by atoms with Crippen molar-refractivity contribution < 1.29 is 13.5 Å². The van der Waals surface area contributed by atoms with E-state index in [-0.39, 0.29) is 5.82 Å². The highest BCUT2D eigenvalue weighted by atomic mass is 19.3. The number of para-hydroxylation sites is 2. The van der Waals surface area contributed by atoms with E-state index in [2.05, 4.69) is 15.2 Å². The Kier molecular flexibility index (Phi) is 6.92. The molecule has 3 aromatic rings. The third-order valence-corrected chi connectivity index (χ3v) is 7.04. The number of rotatable bonds is 7. The maximum atomic E-state index is 14.0. The second-order valence-electron chi connectivity index (χ2n) is 9.27. The third-order valence-electron chi connectivity index (χ3n) is 7.04. The zero-order valence-electron chi connectivity index (χ0n) is 19.3. The highest BCUT2D eigenvalue weighted by molar-refractivity contribution is 5.79. The smallest absolute Gasteiger partial charge is 0.295 e. The van der Waals surface area contributed by atoms with Crippen LogP contribution in [0.25, 0.3) is 16.7 Å². The molecule has 1 saturated carbocycles. The molecule has 1 aromatic carbocycles. The largest absolute Gasteiger partial charge is 0.378 e. The van der Waals surface area contributed by atoms with E-state index in [9.17, 15) is 8.78 Å². The zero-order valence-corrected chi connectivity index (χ0v) is 19.3. The first-order valence-corrected chi connectivity index (χ1v) is 12.2. The molecule has 0 unspecified atom stereocenters. The van der Waals surface area contributed by atoms with Gasteiger partial charge in [0.1, 0.15) is 11.6 Å². The van der Waals surface area contributed by atoms with Crippen molar-refractivity contribution in [1.82, 2.24) is 14.5 Å². The lowest BCUT2D eigenvalue weighted by atomic mass is 9.82. The number of fused-ring (bicyclic) bond motifs is 1. The summed E-state index contributed by atoms with van der Waals surface area (Å²) in [5.41, 5.74) is 7.68. The first-order chi connectivity index (χ1) is 16.6. The number of nitrogens with zero attached hydrogens (tertiary/aromatic N) is 4. The fourth-order valence-corrected chi connectivity index (χ4v) is 5.06. The van der Waals surface area contributed by atoms with Crippen LogP contribution >= 0.6 is 0 Å². The van der Waals surface area contributed by atoms with Gasteiger partial charge in [0.15, 0.2) is 5.82 Å². The van der Waals surface area contributed by atoms with E-state index in [1.54, 1.807) is 10.6 Å². The Morgan fingerprint density at radius 3 is 2.50 bits per heavy atom. The van der Waals surface area contributed by atoms with E-state index in [4.69, 9.17) is 15.5 Å². The fraction of sp³-hybridized carbons (Fsp3) is 0.520. The molecule has 182 valence electrons. The third kappa shape index (κ3) is 4.86. The summed E-state index contributed by atoms with van der Waals surface area (Å²) in [5, 5.41) is 3.50. The van der Waals surface area contributed by atoms with Gasteiger partial charge in [0.2, 0.25) is 0 Å². The monoisotopic (exact) mass is 470 g/mol. The Morgan fingerprint density at radius 2 is 1.76 bits per heavy atom. The van der Waals surface area contributed by atoms with Gasteiger partial charge in [-0.25, -0.2) is 18.7 Å². The first kappa shape index (κ1) is 23.0. The average molecular weight is 471 g/mol. The molecule has 0 bridgehead atoms. The second-order valence-corrected chi connectivity index (χ2v) is 9.27. The Bertz CT molecular complexity index is 1110. The Morgan fingerprint density at radius 1 is 1.03 bits per heavy atom. The SMILES string of the molecule is NC[C@H]1CC[C@H](CNc2cc(-n3c(C(F)F)nc4ccccc43)cc(N3CCOCC3)n2)CC1. The van der Waals surface area contributed by atoms with E-state index in [1.165, 1.54) is 0 Å². The van der Waals surface area contributed by atoms with Crippen LogP contribution in [0.3, 0.4) is 0 Å². The first-order valence-electron chi connectivity index (χ1n) is 12.2. The van der Waals surface area contributed by atoms with Gasteiger partial charge in [-0.15, -0.1) is 0 Å². The molecule has 7 nitrogen and oxygen atoms in total. The topological polar surface area (TPSA) is 81.2 Å². The van der Waals surface area contributed by atoms with Gasteiger partial charge in [-0.05, 0) is 56.2 Å². The van der Waals surface area contributed by atoms with Crippen molar-refractivity contribution in [3.8, 4) is 5.69 Å². The molecule has 2 aromatic heterocycles. The minimum atomic E-state index is -2.69. The lowest BCUT2D eigenvalue weighted by Crippen LogP contribution is -2.37. The zero-order chi connectivity index (χ0) is 23.5. The number of imidazole rings is 1. The predicted molar refractivity (Wildman–Crippen MR) is 130 cm³/mol. The van der Waals surface area contributed by atoms with E-state index in [0.29, 0.717) is 60.7 Å². The minimum absolute atomic E-state index is 0.258. The van der Waals surface area contributed by atoms with Crippen molar-refractivity contribution in [3.63, 3.8) is 0 Å². The van der Waals surface area contributed by atoms with E-state index in [0.717, 1.165) is 44.6 Å². The van der Waals surface area contributed by atoms with Gasteiger partial charge in [0.05, 0.1) is 29.9 Å². The number of nitrogens with two attached hydrogens (primary N) is 1. The minimum Gasteiger partial charge on any atom is -0.378 e. The van der Waals surface area contributed by atoms with Gasteiger partial charge in [-0.2, -0.15) is 0 Å². The number of ether oxygens (including phenoxy) is 1. The second kappa shape index (κ2) is 10.2. The molecular weight excluding hydrogens is 438 g/mol. The van der Waals surface area contributed by atoms with Crippen molar-refractivity contribution in [2.75, 3.05) is 49.6 Å². The number of pyridine rings is 1. The number of hydrogen-bond donors (Lipinski definition) is 2. The summed E-state index contributed by atoms with van der Waals surface area (Å²) >= 11 is 0. The van der Waals surface area contributed by atoms with E-state index < -0.39 is 6.43 Å². The van der Waals surface area contributed by atoms with Crippen molar-refractivity contribution in [2.45, 2.75) is 32.1 Å². The van der Waals surface area contributed by atoms with E-state index >= 15 is 0 Å². The summed E-state index contributed by atoms with van der Waals surface area (Å²) in [4.78, 5) is 11.2. The number of morpholine rings is 1. The number of hydrogen-bond acceptors (Lipinski definition) is 6. The van der Waals surface area contributed by atoms with Gasteiger partial charge < -0.3 is 20.7 Å². The van der Waals surface area contributed by atoms with Crippen molar-refractivity contribution in [3.05, 3.63) is 42.2 Å². The lowest BCUT2D eigenvalue weighted by Gasteiger charge is -2.30. The molecular formula is C25H32F2N6O. The molecule has 1 aliphatic carbocycles. The van der Waals surface area contributed by atoms with Crippen LogP contribution in [0.2, 0.25) is 0 Å². The molecule has 2 fully saturated rings. The highest BCUT2D eigenvalue weighted by Gasteiger charge is 2.23. The predicted octanol–water partition coefficient (Wildman–Crippen LogP) is 4.37.